The molecule has 1 saturated heterocycles. The van der Waals surface area contributed by atoms with Gasteiger partial charge in [0.15, 0.2) is 5.96 Å². The van der Waals surface area contributed by atoms with Gasteiger partial charge in [-0.1, -0.05) is 48.0 Å². The highest BCUT2D eigenvalue weighted by molar-refractivity contribution is 14.0. The maximum atomic E-state index is 6.04. The Kier molecular flexibility index (Phi) is 11.5. The van der Waals surface area contributed by atoms with Crippen LogP contribution >= 0.6 is 35.6 Å². The standard InChI is InChI=1S/C23H30ClN3O2.HI/c1-25-23(26-11-8-18-4-3-7-21(24)15-18)27-16-19-5-2-6-20(14-19)17-29-22-9-12-28-13-10-22;/h2-7,14-15,22H,8-13,16-17H2,1H3,(H2,25,26,27);1H. The molecule has 164 valence electrons. The van der Waals surface area contributed by atoms with Crippen molar-refractivity contribution >= 4 is 41.5 Å². The zero-order valence-electron chi connectivity index (χ0n) is 17.4. The third-order valence-corrected chi connectivity index (χ3v) is 5.16. The molecule has 1 heterocycles. The van der Waals surface area contributed by atoms with Crippen LogP contribution in [0.4, 0.5) is 0 Å². The molecule has 0 amide bonds. The van der Waals surface area contributed by atoms with Gasteiger partial charge in [0.2, 0.25) is 0 Å². The van der Waals surface area contributed by atoms with E-state index in [0.29, 0.717) is 19.3 Å². The van der Waals surface area contributed by atoms with Crippen molar-refractivity contribution in [3.8, 4) is 0 Å². The molecule has 1 fully saturated rings. The molecular formula is C23H31ClIN3O2. The van der Waals surface area contributed by atoms with Crippen molar-refractivity contribution in [2.75, 3.05) is 26.8 Å². The second kappa shape index (κ2) is 13.9. The van der Waals surface area contributed by atoms with Crippen LogP contribution in [0.3, 0.4) is 0 Å². The van der Waals surface area contributed by atoms with Crippen molar-refractivity contribution in [3.05, 3.63) is 70.2 Å². The summed E-state index contributed by atoms with van der Waals surface area (Å²) < 4.78 is 11.4. The van der Waals surface area contributed by atoms with Gasteiger partial charge < -0.3 is 20.1 Å². The molecule has 0 aliphatic carbocycles. The Morgan fingerprint density at radius 2 is 1.80 bits per heavy atom. The average molecular weight is 544 g/mol. The molecule has 1 aliphatic heterocycles. The zero-order valence-corrected chi connectivity index (χ0v) is 20.5. The summed E-state index contributed by atoms with van der Waals surface area (Å²) in [5, 5.41) is 7.49. The minimum absolute atomic E-state index is 0. The second-order valence-corrected chi connectivity index (χ2v) is 7.61. The SMILES string of the molecule is CN=C(NCCc1cccc(Cl)c1)NCc1cccc(COC2CCOCC2)c1.I. The number of nitrogens with one attached hydrogen (secondary N) is 2. The highest BCUT2D eigenvalue weighted by atomic mass is 127. The van der Waals surface area contributed by atoms with Crippen LogP contribution in [0.25, 0.3) is 0 Å². The smallest absolute Gasteiger partial charge is 0.191 e. The first-order valence-corrected chi connectivity index (χ1v) is 10.6. The Morgan fingerprint density at radius 3 is 2.57 bits per heavy atom. The monoisotopic (exact) mass is 543 g/mol. The molecular weight excluding hydrogens is 513 g/mol. The average Bonchev–Trinajstić information content (AvgIpc) is 2.76. The van der Waals surface area contributed by atoms with Gasteiger partial charge in [0.25, 0.3) is 0 Å². The van der Waals surface area contributed by atoms with E-state index in [1.165, 1.54) is 16.7 Å². The number of hydrogen-bond donors (Lipinski definition) is 2. The molecule has 0 saturated carbocycles. The molecule has 3 rings (SSSR count). The Hall–Kier alpha value is -1.35. The molecule has 0 spiro atoms. The third-order valence-electron chi connectivity index (χ3n) is 4.92. The predicted molar refractivity (Wildman–Crippen MR) is 134 cm³/mol. The Balaban J connectivity index is 0.00000320. The minimum Gasteiger partial charge on any atom is -0.381 e. The van der Waals surface area contributed by atoms with E-state index in [1.807, 2.05) is 18.2 Å². The van der Waals surface area contributed by atoms with Crippen LogP contribution in [0.2, 0.25) is 5.02 Å². The number of aliphatic imine (C=N–C) groups is 1. The van der Waals surface area contributed by atoms with Gasteiger partial charge in [-0.15, -0.1) is 24.0 Å². The molecule has 0 radical (unpaired) electrons. The van der Waals surface area contributed by atoms with Gasteiger partial charge in [0, 0.05) is 38.4 Å². The summed E-state index contributed by atoms with van der Waals surface area (Å²) in [6, 6.07) is 16.4. The molecule has 0 atom stereocenters. The summed E-state index contributed by atoms with van der Waals surface area (Å²) >= 11 is 6.04. The van der Waals surface area contributed by atoms with Crippen LogP contribution in [0, 0.1) is 0 Å². The number of halogens is 2. The van der Waals surface area contributed by atoms with Crippen LogP contribution in [-0.4, -0.2) is 38.9 Å². The second-order valence-electron chi connectivity index (χ2n) is 7.18. The molecule has 1 aliphatic rings. The molecule has 30 heavy (non-hydrogen) atoms. The fourth-order valence-electron chi connectivity index (χ4n) is 3.31. The lowest BCUT2D eigenvalue weighted by Gasteiger charge is -2.22. The maximum absolute atomic E-state index is 6.04. The number of rotatable bonds is 8. The van der Waals surface area contributed by atoms with Crippen LogP contribution < -0.4 is 10.6 Å². The zero-order chi connectivity index (χ0) is 20.3. The number of benzene rings is 2. The molecule has 5 nitrogen and oxygen atoms in total. The lowest BCUT2D eigenvalue weighted by atomic mass is 10.1. The van der Waals surface area contributed by atoms with Crippen molar-refractivity contribution in [1.82, 2.24) is 10.6 Å². The van der Waals surface area contributed by atoms with Crippen molar-refractivity contribution in [2.45, 2.75) is 38.5 Å². The van der Waals surface area contributed by atoms with Crippen molar-refractivity contribution in [3.63, 3.8) is 0 Å². The predicted octanol–water partition coefficient (Wildman–Crippen LogP) is 4.56. The molecule has 2 aromatic carbocycles. The van der Waals surface area contributed by atoms with Crippen molar-refractivity contribution in [1.29, 1.82) is 0 Å². The van der Waals surface area contributed by atoms with E-state index < -0.39 is 0 Å². The Labute approximate surface area is 201 Å². The van der Waals surface area contributed by atoms with E-state index in [-0.39, 0.29) is 24.0 Å². The fraction of sp³-hybridized carbons (Fsp3) is 0.435. The van der Waals surface area contributed by atoms with E-state index in [4.69, 9.17) is 21.1 Å². The lowest BCUT2D eigenvalue weighted by Crippen LogP contribution is -2.37. The molecule has 0 aromatic heterocycles. The lowest BCUT2D eigenvalue weighted by molar-refractivity contribution is -0.0390. The number of nitrogens with zero attached hydrogens (tertiary/aromatic N) is 1. The number of guanidine groups is 1. The summed E-state index contributed by atoms with van der Waals surface area (Å²) in [5.41, 5.74) is 3.60. The Bertz CT molecular complexity index is 798. The molecule has 0 unspecified atom stereocenters. The molecule has 2 N–H and O–H groups in total. The normalized spacial score (nSPS) is 14.8. The third kappa shape index (κ3) is 8.79. The highest BCUT2D eigenvalue weighted by Gasteiger charge is 2.14. The van der Waals surface area contributed by atoms with Crippen LogP contribution in [0.5, 0.6) is 0 Å². The van der Waals surface area contributed by atoms with E-state index in [1.54, 1.807) is 7.05 Å². The van der Waals surface area contributed by atoms with Crippen molar-refractivity contribution < 1.29 is 9.47 Å². The van der Waals surface area contributed by atoms with Crippen molar-refractivity contribution in [2.24, 2.45) is 4.99 Å². The van der Waals surface area contributed by atoms with E-state index >= 15 is 0 Å². The van der Waals surface area contributed by atoms with Crippen LogP contribution in [-0.2, 0) is 29.0 Å². The minimum atomic E-state index is 0. The van der Waals surface area contributed by atoms with Gasteiger partial charge >= 0.3 is 0 Å². The quantitative estimate of drug-likeness (QED) is 0.291. The number of hydrogen-bond acceptors (Lipinski definition) is 3. The Morgan fingerprint density at radius 1 is 1.07 bits per heavy atom. The first-order chi connectivity index (χ1) is 14.2. The van der Waals surface area contributed by atoms with Gasteiger partial charge in [-0.3, -0.25) is 4.99 Å². The summed E-state index contributed by atoms with van der Waals surface area (Å²) in [7, 11) is 1.78. The van der Waals surface area contributed by atoms with Gasteiger partial charge in [0.1, 0.15) is 0 Å². The van der Waals surface area contributed by atoms with Crippen LogP contribution in [0.1, 0.15) is 29.5 Å². The van der Waals surface area contributed by atoms with E-state index in [0.717, 1.165) is 50.0 Å². The highest BCUT2D eigenvalue weighted by Crippen LogP contribution is 2.14. The summed E-state index contributed by atoms with van der Waals surface area (Å²) in [4.78, 5) is 4.30. The first kappa shape index (κ1) is 24.9. The molecule has 2 aromatic rings. The number of ether oxygens (including phenoxy) is 2. The van der Waals surface area contributed by atoms with E-state index in [9.17, 15) is 0 Å². The van der Waals surface area contributed by atoms with Gasteiger partial charge in [-0.25, -0.2) is 0 Å². The fourth-order valence-corrected chi connectivity index (χ4v) is 3.52. The van der Waals surface area contributed by atoms with Crippen LogP contribution in [0.15, 0.2) is 53.5 Å². The molecule has 7 heteroatoms. The van der Waals surface area contributed by atoms with Gasteiger partial charge in [0.05, 0.1) is 12.7 Å². The largest absolute Gasteiger partial charge is 0.381 e. The van der Waals surface area contributed by atoms with Gasteiger partial charge in [-0.2, -0.15) is 0 Å². The topological polar surface area (TPSA) is 54.9 Å². The first-order valence-electron chi connectivity index (χ1n) is 10.2. The maximum Gasteiger partial charge on any atom is 0.191 e. The van der Waals surface area contributed by atoms with Gasteiger partial charge in [-0.05, 0) is 48.1 Å². The van der Waals surface area contributed by atoms with E-state index in [2.05, 4.69) is 46.0 Å². The molecule has 0 bridgehead atoms. The summed E-state index contributed by atoms with van der Waals surface area (Å²) in [6.07, 6.45) is 3.17. The summed E-state index contributed by atoms with van der Waals surface area (Å²) in [6.45, 7) is 3.75. The summed E-state index contributed by atoms with van der Waals surface area (Å²) in [5.74, 6) is 0.788.